The van der Waals surface area contributed by atoms with E-state index in [9.17, 15) is 4.79 Å². The van der Waals surface area contributed by atoms with Crippen molar-refractivity contribution in [2.75, 3.05) is 6.61 Å². The van der Waals surface area contributed by atoms with E-state index in [2.05, 4.69) is 10.5 Å². The first-order valence-corrected chi connectivity index (χ1v) is 6.69. The molecule has 20 heavy (non-hydrogen) atoms. The number of hydrogen-bond acceptors (Lipinski definition) is 4. The van der Waals surface area contributed by atoms with Crippen molar-refractivity contribution in [3.05, 3.63) is 29.3 Å². The number of benzene rings is 1. The van der Waals surface area contributed by atoms with Crippen LogP contribution >= 0.6 is 0 Å². The summed E-state index contributed by atoms with van der Waals surface area (Å²) in [5.74, 6) is 0.370. The van der Waals surface area contributed by atoms with Crippen molar-refractivity contribution in [3.63, 3.8) is 0 Å². The molecule has 1 unspecified atom stereocenters. The first kappa shape index (κ1) is 16.0. The van der Waals surface area contributed by atoms with Gasteiger partial charge in [-0.15, -0.1) is 0 Å². The van der Waals surface area contributed by atoms with Gasteiger partial charge in [-0.2, -0.15) is 0 Å². The second-order valence-electron chi connectivity index (χ2n) is 4.85. The molecule has 1 aromatic carbocycles. The summed E-state index contributed by atoms with van der Waals surface area (Å²) in [5.41, 5.74) is 2.16. The molecule has 0 radical (unpaired) electrons. The number of amides is 1. The first-order valence-electron chi connectivity index (χ1n) is 6.69. The molecule has 1 aromatic rings. The molecular weight excluding hydrogens is 256 g/mol. The summed E-state index contributed by atoms with van der Waals surface area (Å²) in [7, 11) is 0. The minimum atomic E-state index is -0.163. The van der Waals surface area contributed by atoms with Crippen molar-refractivity contribution in [2.45, 2.75) is 40.2 Å². The van der Waals surface area contributed by atoms with Gasteiger partial charge in [0.05, 0.1) is 5.71 Å². The maximum absolute atomic E-state index is 11.7. The average molecular weight is 278 g/mol. The van der Waals surface area contributed by atoms with E-state index in [1.54, 1.807) is 13.0 Å². The average Bonchev–Trinajstić information content (AvgIpc) is 2.44. The summed E-state index contributed by atoms with van der Waals surface area (Å²) in [6.07, 6.45) is 0.873. The number of oxime groups is 1. The van der Waals surface area contributed by atoms with Gasteiger partial charge in [0.15, 0.2) is 6.61 Å². The molecule has 0 aliphatic heterocycles. The molecule has 0 spiro atoms. The van der Waals surface area contributed by atoms with E-state index >= 15 is 0 Å². The molecule has 5 nitrogen and oxygen atoms in total. The van der Waals surface area contributed by atoms with Crippen LogP contribution in [0, 0.1) is 6.92 Å². The monoisotopic (exact) mass is 278 g/mol. The van der Waals surface area contributed by atoms with Crippen molar-refractivity contribution >= 4 is 11.6 Å². The number of hydrogen-bond donors (Lipinski definition) is 2. The minimum absolute atomic E-state index is 0.0564. The Kier molecular flexibility index (Phi) is 6.03. The highest BCUT2D eigenvalue weighted by atomic mass is 16.5. The minimum Gasteiger partial charge on any atom is -0.483 e. The lowest BCUT2D eigenvalue weighted by Crippen LogP contribution is -2.35. The predicted molar refractivity (Wildman–Crippen MR) is 78.6 cm³/mol. The van der Waals surface area contributed by atoms with Gasteiger partial charge >= 0.3 is 0 Å². The quantitative estimate of drug-likeness (QED) is 0.477. The highest BCUT2D eigenvalue weighted by molar-refractivity contribution is 6.01. The molecule has 2 N–H and O–H groups in total. The zero-order valence-electron chi connectivity index (χ0n) is 12.4. The van der Waals surface area contributed by atoms with Crippen LogP contribution in [0.2, 0.25) is 0 Å². The Balaban J connectivity index is 2.75. The van der Waals surface area contributed by atoms with Crippen molar-refractivity contribution in [2.24, 2.45) is 5.16 Å². The van der Waals surface area contributed by atoms with Crippen LogP contribution in [-0.2, 0) is 4.79 Å². The number of aryl methyl sites for hydroxylation is 1. The fourth-order valence-electron chi connectivity index (χ4n) is 1.67. The normalized spacial score (nSPS) is 12.9. The Morgan fingerprint density at radius 1 is 1.50 bits per heavy atom. The largest absolute Gasteiger partial charge is 0.483 e. The molecule has 0 heterocycles. The molecule has 1 amide bonds. The van der Waals surface area contributed by atoms with Crippen LogP contribution < -0.4 is 10.1 Å². The number of nitrogens with zero attached hydrogens (tertiary/aromatic N) is 1. The van der Waals surface area contributed by atoms with Crippen LogP contribution in [0.3, 0.4) is 0 Å². The van der Waals surface area contributed by atoms with Crippen molar-refractivity contribution < 1.29 is 14.7 Å². The van der Waals surface area contributed by atoms with E-state index in [0.29, 0.717) is 17.0 Å². The van der Waals surface area contributed by atoms with Gasteiger partial charge < -0.3 is 15.3 Å². The molecule has 0 aliphatic carbocycles. The molecule has 0 saturated carbocycles. The van der Waals surface area contributed by atoms with Gasteiger partial charge in [-0.3, -0.25) is 4.79 Å². The van der Waals surface area contributed by atoms with E-state index < -0.39 is 0 Å². The number of carbonyl (C=O) groups is 1. The highest BCUT2D eigenvalue weighted by Crippen LogP contribution is 2.21. The summed E-state index contributed by atoms with van der Waals surface area (Å²) in [4.78, 5) is 11.7. The van der Waals surface area contributed by atoms with Crippen LogP contribution in [0.5, 0.6) is 5.75 Å². The third-order valence-corrected chi connectivity index (χ3v) is 3.05. The molecule has 0 fully saturated rings. The van der Waals surface area contributed by atoms with Gasteiger partial charge in [-0.05, 0) is 39.3 Å². The zero-order chi connectivity index (χ0) is 15.1. The van der Waals surface area contributed by atoms with Crippen molar-refractivity contribution in [1.82, 2.24) is 5.32 Å². The summed E-state index contributed by atoms with van der Waals surface area (Å²) in [5, 5.41) is 14.9. The molecule has 0 aliphatic rings. The van der Waals surface area contributed by atoms with E-state index in [-0.39, 0.29) is 18.6 Å². The van der Waals surface area contributed by atoms with Crippen LogP contribution in [-0.4, -0.2) is 29.5 Å². The maximum atomic E-state index is 11.7. The third kappa shape index (κ3) is 4.57. The molecule has 110 valence electrons. The zero-order valence-corrected chi connectivity index (χ0v) is 12.4. The second kappa shape index (κ2) is 7.53. The number of carbonyl (C=O) groups excluding carboxylic acids is 1. The van der Waals surface area contributed by atoms with Gasteiger partial charge in [0, 0.05) is 11.6 Å². The standard InChI is InChI=1S/C15H22N2O3/c1-5-11(3)16-15(18)9-20-14-7-6-10(2)8-13(14)12(4)17-19/h6-8,11,19H,5,9H2,1-4H3,(H,16,18)/b17-12+. The molecular formula is C15H22N2O3. The predicted octanol–water partition coefficient (Wildman–Crippen LogP) is 2.49. The fraction of sp³-hybridized carbons (Fsp3) is 0.467. The summed E-state index contributed by atoms with van der Waals surface area (Å²) >= 11 is 0. The Bertz CT molecular complexity index is 498. The van der Waals surface area contributed by atoms with Gasteiger partial charge in [-0.25, -0.2) is 0 Å². The van der Waals surface area contributed by atoms with E-state index in [4.69, 9.17) is 9.94 Å². The Hall–Kier alpha value is -2.04. The lowest BCUT2D eigenvalue weighted by molar-refractivity contribution is -0.123. The fourth-order valence-corrected chi connectivity index (χ4v) is 1.67. The van der Waals surface area contributed by atoms with E-state index in [1.165, 1.54) is 0 Å². The lowest BCUT2D eigenvalue weighted by Gasteiger charge is -2.14. The second-order valence-corrected chi connectivity index (χ2v) is 4.85. The highest BCUT2D eigenvalue weighted by Gasteiger charge is 2.11. The van der Waals surface area contributed by atoms with Crippen LogP contribution in [0.1, 0.15) is 38.3 Å². The van der Waals surface area contributed by atoms with Crippen LogP contribution in [0.15, 0.2) is 23.4 Å². The smallest absolute Gasteiger partial charge is 0.258 e. The molecule has 1 atom stereocenters. The Labute approximate surface area is 119 Å². The Morgan fingerprint density at radius 2 is 2.20 bits per heavy atom. The van der Waals surface area contributed by atoms with E-state index in [1.807, 2.05) is 32.9 Å². The first-order chi connectivity index (χ1) is 9.47. The number of nitrogens with one attached hydrogen (secondary N) is 1. The summed E-state index contributed by atoms with van der Waals surface area (Å²) in [6, 6.07) is 5.65. The molecule has 0 bridgehead atoms. The Morgan fingerprint density at radius 3 is 2.80 bits per heavy atom. The van der Waals surface area contributed by atoms with Crippen molar-refractivity contribution in [3.8, 4) is 5.75 Å². The van der Waals surface area contributed by atoms with Gasteiger partial charge in [0.2, 0.25) is 0 Å². The van der Waals surface area contributed by atoms with Gasteiger partial charge in [-0.1, -0.05) is 23.7 Å². The summed E-state index contributed by atoms with van der Waals surface area (Å²) in [6.45, 7) is 7.51. The maximum Gasteiger partial charge on any atom is 0.258 e. The lowest BCUT2D eigenvalue weighted by atomic mass is 10.1. The van der Waals surface area contributed by atoms with Crippen molar-refractivity contribution in [1.29, 1.82) is 0 Å². The molecule has 0 saturated heterocycles. The third-order valence-electron chi connectivity index (χ3n) is 3.05. The molecule has 1 rings (SSSR count). The van der Waals surface area contributed by atoms with Crippen LogP contribution in [0.25, 0.3) is 0 Å². The van der Waals surface area contributed by atoms with Gasteiger partial charge in [0.25, 0.3) is 5.91 Å². The van der Waals surface area contributed by atoms with Crippen LogP contribution in [0.4, 0.5) is 0 Å². The molecule has 5 heteroatoms. The molecule has 0 aromatic heterocycles. The topological polar surface area (TPSA) is 70.9 Å². The summed E-state index contributed by atoms with van der Waals surface area (Å²) < 4.78 is 5.52. The van der Waals surface area contributed by atoms with Gasteiger partial charge in [0.1, 0.15) is 5.75 Å². The SMILES string of the molecule is CCC(C)NC(=O)COc1ccc(C)cc1/C(C)=N/O. The van der Waals surface area contributed by atoms with E-state index in [0.717, 1.165) is 12.0 Å². The number of ether oxygens (including phenoxy) is 1. The number of rotatable bonds is 6.